The minimum atomic E-state index is -0.684. The van der Waals surface area contributed by atoms with Crippen LogP contribution in [0.25, 0.3) is 0 Å². The standard InChI is InChI=1S/C46H85NO5/c1-3-5-7-9-11-13-14-15-16-17-18-19-24-28-32-36-40-46(51)52-41-37-33-29-25-21-20-23-27-31-35-39-45(50)47-43(42-48)44(49)38-34-30-26-22-12-10-8-6-4-2/h13-14,16-17,21,25,43-44,48-49H,3-12,15,18-20,22-24,26-42H2,1-2H3,(H,47,50)/b14-13-,17-16-,25-21-. The van der Waals surface area contributed by atoms with Crippen molar-refractivity contribution in [3.63, 3.8) is 0 Å². The van der Waals surface area contributed by atoms with Crippen molar-refractivity contribution in [2.24, 2.45) is 0 Å². The number of aliphatic hydroxyl groups excluding tert-OH is 2. The Morgan fingerprint density at radius 2 is 0.962 bits per heavy atom. The zero-order chi connectivity index (χ0) is 38.0. The van der Waals surface area contributed by atoms with Crippen molar-refractivity contribution in [2.45, 2.75) is 231 Å². The lowest BCUT2D eigenvalue weighted by Gasteiger charge is -2.22. The molecule has 6 nitrogen and oxygen atoms in total. The molecule has 0 spiro atoms. The second kappa shape index (κ2) is 41.8. The predicted octanol–water partition coefficient (Wildman–Crippen LogP) is 12.6. The highest BCUT2D eigenvalue weighted by Gasteiger charge is 2.20. The summed E-state index contributed by atoms with van der Waals surface area (Å²) in [6.45, 7) is 4.79. The number of carbonyl (C=O) groups is 2. The monoisotopic (exact) mass is 732 g/mol. The van der Waals surface area contributed by atoms with E-state index in [-0.39, 0.29) is 18.5 Å². The first-order chi connectivity index (χ1) is 25.5. The second-order valence-electron chi connectivity index (χ2n) is 15.0. The number of esters is 1. The van der Waals surface area contributed by atoms with Crippen LogP contribution in [-0.2, 0) is 14.3 Å². The number of rotatable bonds is 40. The second-order valence-corrected chi connectivity index (χ2v) is 15.0. The van der Waals surface area contributed by atoms with Crippen molar-refractivity contribution >= 4 is 11.9 Å². The van der Waals surface area contributed by atoms with Gasteiger partial charge < -0.3 is 20.3 Å². The number of amides is 1. The summed E-state index contributed by atoms with van der Waals surface area (Å²) in [7, 11) is 0. The number of aliphatic hydroxyl groups is 2. The van der Waals surface area contributed by atoms with Crippen LogP contribution in [0.15, 0.2) is 36.5 Å². The van der Waals surface area contributed by atoms with E-state index in [0.717, 1.165) is 89.9 Å². The molecule has 52 heavy (non-hydrogen) atoms. The number of ether oxygens (including phenoxy) is 1. The number of hydrogen-bond acceptors (Lipinski definition) is 5. The Labute approximate surface area is 322 Å². The molecule has 1 amide bonds. The zero-order valence-electron chi connectivity index (χ0n) is 34.3. The van der Waals surface area contributed by atoms with Gasteiger partial charge in [-0.05, 0) is 83.5 Å². The summed E-state index contributed by atoms with van der Waals surface area (Å²) in [5, 5.41) is 23.0. The van der Waals surface area contributed by atoms with E-state index in [1.165, 1.54) is 96.3 Å². The smallest absolute Gasteiger partial charge is 0.305 e. The van der Waals surface area contributed by atoms with Crippen molar-refractivity contribution in [3.8, 4) is 0 Å². The molecular formula is C46H85NO5. The molecule has 2 atom stereocenters. The number of hydrogen-bond donors (Lipinski definition) is 3. The summed E-state index contributed by atoms with van der Waals surface area (Å²) >= 11 is 0. The number of nitrogens with one attached hydrogen (secondary N) is 1. The molecule has 0 fully saturated rings. The van der Waals surface area contributed by atoms with Gasteiger partial charge in [-0.3, -0.25) is 9.59 Å². The Bertz CT molecular complexity index is 854. The normalized spacial score (nSPS) is 13.1. The molecule has 0 bridgehead atoms. The van der Waals surface area contributed by atoms with Crippen molar-refractivity contribution in [1.82, 2.24) is 5.32 Å². The van der Waals surface area contributed by atoms with Crippen LogP contribution in [0.1, 0.15) is 219 Å². The minimum Gasteiger partial charge on any atom is -0.466 e. The Kier molecular flexibility index (Phi) is 40.3. The molecule has 3 N–H and O–H groups in total. The topological polar surface area (TPSA) is 95.9 Å². The van der Waals surface area contributed by atoms with Gasteiger partial charge in [0.15, 0.2) is 0 Å². The molecule has 0 aliphatic rings. The third-order valence-electron chi connectivity index (χ3n) is 9.91. The molecule has 6 heteroatoms. The quantitative estimate of drug-likeness (QED) is 0.0331. The highest BCUT2D eigenvalue weighted by Crippen LogP contribution is 2.14. The summed E-state index contributed by atoms with van der Waals surface area (Å²) in [6.07, 6.45) is 48.2. The maximum atomic E-state index is 12.3. The van der Waals surface area contributed by atoms with E-state index >= 15 is 0 Å². The highest BCUT2D eigenvalue weighted by molar-refractivity contribution is 5.76. The fourth-order valence-corrected chi connectivity index (χ4v) is 6.42. The molecule has 0 rings (SSSR count). The Balaban J connectivity index is 3.54. The number of allylic oxidation sites excluding steroid dienone is 6. The third-order valence-corrected chi connectivity index (χ3v) is 9.91. The first-order valence-corrected chi connectivity index (χ1v) is 22.2. The third kappa shape index (κ3) is 37.8. The van der Waals surface area contributed by atoms with Gasteiger partial charge in [0.1, 0.15) is 0 Å². The predicted molar refractivity (Wildman–Crippen MR) is 222 cm³/mol. The number of unbranched alkanes of at least 4 members (excludes halogenated alkanes) is 23. The van der Waals surface area contributed by atoms with E-state index in [1.54, 1.807) is 0 Å². The average molecular weight is 732 g/mol. The van der Waals surface area contributed by atoms with Crippen LogP contribution >= 0.6 is 0 Å². The lowest BCUT2D eigenvalue weighted by molar-refractivity contribution is -0.143. The van der Waals surface area contributed by atoms with Gasteiger partial charge in [0, 0.05) is 12.8 Å². The van der Waals surface area contributed by atoms with E-state index in [2.05, 4.69) is 55.6 Å². The van der Waals surface area contributed by atoms with Crippen LogP contribution in [0.4, 0.5) is 0 Å². The molecule has 0 aromatic rings. The Morgan fingerprint density at radius 3 is 1.50 bits per heavy atom. The highest BCUT2D eigenvalue weighted by atomic mass is 16.5. The molecule has 0 aromatic heterocycles. The van der Waals surface area contributed by atoms with Crippen molar-refractivity contribution in [1.29, 1.82) is 0 Å². The first-order valence-electron chi connectivity index (χ1n) is 22.2. The van der Waals surface area contributed by atoms with Crippen LogP contribution in [-0.4, -0.2) is 47.4 Å². The van der Waals surface area contributed by atoms with Gasteiger partial charge in [0.05, 0.1) is 25.4 Å². The van der Waals surface area contributed by atoms with E-state index in [1.807, 2.05) is 0 Å². The Hall–Kier alpha value is -1.92. The molecule has 0 saturated carbocycles. The van der Waals surface area contributed by atoms with Crippen molar-refractivity contribution in [3.05, 3.63) is 36.5 Å². The maximum absolute atomic E-state index is 12.3. The van der Waals surface area contributed by atoms with Gasteiger partial charge in [0.2, 0.25) is 5.91 Å². The molecule has 0 radical (unpaired) electrons. The molecule has 0 aromatic carbocycles. The summed E-state index contributed by atoms with van der Waals surface area (Å²) in [5.74, 6) is -0.128. The summed E-state index contributed by atoms with van der Waals surface area (Å²) in [6, 6.07) is -0.565. The summed E-state index contributed by atoms with van der Waals surface area (Å²) < 4.78 is 5.41. The minimum absolute atomic E-state index is 0.0514. The van der Waals surface area contributed by atoms with Crippen LogP contribution in [0, 0.1) is 0 Å². The summed E-state index contributed by atoms with van der Waals surface area (Å²) in [4.78, 5) is 24.3. The van der Waals surface area contributed by atoms with Crippen LogP contribution in [0.2, 0.25) is 0 Å². The molecule has 304 valence electrons. The fraction of sp³-hybridized carbons (Fsp3) is 0.826. The van der Waals surface area contributed by atoms with E-state index < -0.39 is 12.1 Å². The van der Waals surface area contributed by atoms with E-state index in [4.69, 9.17) is 4.74 Å². The SMILES string of the molecule is CCCCCC/C=C\C/C=C\CCCCCCCC(=O)OCCCC/C=C\CCCCCCC(=O)NC(CO)C(O)CCCCCCCCCCC. The van der Waals surface area contributed by atoms with Crippen LogP contribution < -0.4 is 5.32 Å². The van der Waals surface area contributed by atoms with Gasteiger partial charge in [-0.15, -0.1) is 0 Å². The lowest BCUT2D eigenvalue weighted by Crippen LogP contribution is -2.45. The summed E-state index contributed by atoms with van der Waals surface area (Å²) in [5.41, 5.74) is 0. The van der Waals surface area contributed by atoms with Crippen LogP contribution in [0.3, 0.4) is 0 Å². The van der Waals surface area contributed by atoms with E-state index in [0.29, 0.717) is 25.9 Å². The molecule has 0 aliphatic heterocycles. The lowest BCUT2D eigenvalue weighted by atomic mass is 10.0. The van der Waals surface area contributed by atoms with Gasteiger partial charge in [0.25, 0.3) is 0 Å². The van der Waals surface area contributed by atoms with Crippen molar-refractivity contribution < 1.29 is 24.5 Å². The average Bonchev–Trinajstić information content (AvgIpc) is 3.14. The molecular weight excluding hydrogens is 647 g/mol. The number of carbonyl (C=O) groups excluding carboxylic acids is 2. The largest absolute Gasteiger partial charge is 0.466 e. The molecule has 0 aliphatic carbocycles. The molecule has 0 heterocycles. The van der Waals surface area contributed by atoms with Gasteiger partial charge in [-0.25, -0.2) is 0 Å². The first kappa shape index (κ1) is 50.1. The van der Waals surface area contributed by atoms with Crippen molar-refractivity contribution in [2.75, 3.05) is 13.2 Å². The van der Waals surface area contributed by atoms with E-state index in [9.17, 15) is 19.8 Å². The van der Waals surface area contributed by atoms with Gasteiger partial charge in [-0.1, -0.05) is 159 Å². The van der Waals surface area contributed by atoms with Gasteiger partial charge in [-0.2, -0.15) is 0 Å². The zero-order valence-corrected chi connectivity index (χ0v) is 34.3. The van der Waals surface area contributed by atoms with Crippen LogP contribution in [0.5, 0.6) is 0 Å². The maximum Gasteiger partial charge on any atom is 0.305 e. The Morgan fingerprint density at radius 1 is 0.538 bits per heavy atom. The van der Waals surface area contributed by atoms with Gasteiger partial charge >= 0.3 is 5.97 Å². The fourth-order valence-electron chi connectivity index (χ4n) is 6.42. The molecule has 0 saturated heterocycles. The molecule has 2 unspecified atom stereocenters.